The minimum Gasteiger partial charge on any atom is -0.508 e. The maximum absolute atomic E-state index is 14.3. The van der Waals surface area contributed by atoms with Gasteiger partial charge in [0.05, 0.1) is 13.1 Å². The molecule has 2 fully saturated rings. The summed E-state index contributed by atoms with van der Waals surface area (Å²) in [5.74, 6) is -0.783. The van der Waals surface area contributed by atoms with Gasteiger partial charge in [0.15, 0.2) is 0 Å². The number of carbonyl (C=O) groups is 4. The van der Waals surface area contributed by atoms with Crippen LogP contribution in [0, 0.1) is 0 Å². The number of aromatic hydroxyl groups is 1. The predicted molar refractivity (Wildman–Crippen MR) is 179 cm³/mol. The molecule has 2 aliphatic rings. The smallest absolute Gasteiger partial charge is 0.251 e. The first-order valence-corrected chi connectivity index (χ1v) is 15.9. The van der Waals surface area contributed by atoms with E-state index in [9.17, 15) is 24.3 Å². The minimum atomic E-state index is -0.883. The highest BCUT2D eigenvalue weighted by atomic mass is 16.3. The van der Waals surface area contributed by atoms with Gasteiger partial charge in [-0.15, -0.1) is 13.2 Å². The molecule has 0 aromatic heterocycles. The van der Waals surface area contributed by atoms with Crippen molar-refractivity contribution in [2.45, 2.75) is 44.4 Å². The van der Waals surface area contributed by atoms with Crippen molar-refractivity contribution in [2.24, 2.45) is 0 Å². The third kappa shape index (κ3) is 7.96. The van der Waals surface area contributed by atoms with Crippen LogP contribution in [0.1, 0.15) is 39.9 Å². The number of benzene rings is 3. The fourth-order valence-corrected chi connectivity index (χ4v) is 6.19. The summed E-state index contributed by atoms with van der Waals surface area (Å²) in [5, 5.41) is 16.1. The fraction of sp³-hybridized carbons (Fsp3) is 0.297. The lowest BCUT2D eigenvalue weighted by molar-refractivity contribution is -0.205. The van der Waals surface area contributed by atoms with Crippen molar-refractivity contribution in [3.8, 4) is 5.75 Å². The van der Waals surface area contributed by atoms with Crippen molar-refractivity contribution in [3.63, 3.8) is 0 Å². The van der Waals surface area contributed by atoms with Gasteiger partial charge in [-0.05, 0) is 53.8 Å². The number of rotatable bonds is 13. The summed E-state index contributed by atoms with van der Waals surface area (Å²) in [5.41, 5.74) is 3.02. The molecule has 2 N–H and O–H groups in total. The van der Waals surface area contributed by atoms with E-state index in [0.717, 1.165) is 16.7 Å². The first-order chi connectivity index (χ1) is 22.8. The van der Waals surface area contributed by atoms with E-state index in [4.69, 9.17) is 0 Å². The van der Waals surface area contributed by atoms with Crippen LogP contribution < -0.4 is 5.32 Å². The van der Waals surface area contributed by atoms with Gasteiger partial charge < -0.3 is 20.2 Å². The van der Waals surface area contributed by atoms with Crippen LogP contribution in [0.15, 0.2) is 104 Å². The zero-order valence-electron chi connectivity index (χ0n) is 26.5. The largest absolute Gasteiger partial charge is 0.508 e. The average Bonchev–Trinajstić information content (AvgIpc) is 3.07. The monoisotopic (exact) mass is 635 g/mol. The molecule has 10 nitrogen and oxygen atoms in total. The van der Waals surface area contributed by atoms with E-state index < -0.39 is 12.2 Å². The quantitative estimate of drug-likeness (QED) is 0.219. The predicted octanol–water partition coefficient (Wildman–Crippen LogP) is 3.68. The number of aryl methyl sites for hydroxylation is 1. The van der Waals surface area contributed by atoms with E-state index in [2.05, 4.69) is 18.5 Å². The normalized spacial score (nSPS) is 18.1. The molecule has 0 unspecified atom stereocenters. The first kappa shape index (κ1) is 33.2. The number of hydrogen-bond donors (Lipinski definition) is 2. The Morgan fingerprint density at radius 3 is 2.38 bits per heavy atom. The highest BCUT2D eigenvalue weighted by Crippen LogP contribution is 2.30. The molecule has 0 bridgehead atoms. The van der Waals surface area contributed by atoms with E-state index in [1.165, 1.54) is 0 Å². The Balaban J connectivity index is 1.47. The molecule has 0 aliphatic carbocycles. The highest BCUT2D eigenvalue weighted by Gasteiger charge is 2.51. The molecule has 0 saturated carbocycles. The number of amides is 4. The number of hydrazine groups is 1. The Morgan fingerprint density at radius 1 is 0.915 bits per heavy atom. The van der Waals surface area contributed by atoms with Crippen LogP contribution in [0.4, 0.5) is 0 Å². The van der Waals surface area contributed by atoms with Crippen LogP contribution in [0.25, 0.3) is 0 Å². The molecule has 47 heavy (non-hydrogen) atoms. The minimum absolute atomic E-state index is 0.0675. The molecule has 3 aromatic rings. The second kappa shape index (κ2) is 15.4. The molecular formula is C37H41N5O5. The zero-order chi connectivity index (χ0) is 33.3. The number of phenolic OH excluding ortho intramolecular Hbond substituents is 1. The average molecular weight is 636 g/mol. The molecule has 2 aliphatic heterocycles. The van der Waals surface area contributed by atoms with Crippen LogP contribution >= 0.6 is 0 Å². The number of fused-ring (bicyclic) bond motifs is 1. The third-order valence-electron chi connectivity index (χ3n) is 8.46. The van der Waals surface area contributed by atoms with E-state index >= 15 is 0 Å². The molecule has 2 atom stereocenters. The van der Waals surface area contributed by atoms with E-state index in [-0.39, 0.29) is 68.4 Å². The van der Waals surface area contributed by atoms with Crippen LogP contribution in [0.3, 0.4) is 0 Å². The summed E-state index contributed by atoms with van der Waals surface area (Å²) < 4.78 is 0. The fourth-order valence-electron chi connectivity index (χ4n) is 6.19. The van der Waals surface area contributed by atoms with E-state index in [1.807, 2.05) is 36.4 Å². The van der Waals surface area contributed by atoms with Gasteiger partial charge in [0.25, 0.3) is 5.91 Å². The lowest BCUT2D eigenvalue weighted by atomic mass is 9.97. The molecule has 3 aromatic carbocycles. The van der Waals surface area contributed by atoms with Crippen LogP contribution in [-0.2, 0) is 33.8 Å². The van der Waals surface area contributed by atoms with Crippen molar-refractivity contribution in [2.75, 3.05) is 26.2 Å². The van der Waals surface area contributed by atoms with Crippen molar-refractivity contribution in [1.29, 1.82) is 0 Å². The van der Waals surface area contributed by atoms with Crippen LogP contribution in [-0.4, -0.2) is 86.9 Å². The summed E-state index contributed by atoms with van der Waals surface area (Å²) in [7, 11) is 0. The number of piperazine rings is 1. The van der Waals surface area contributed by atoms with Gasteiger partial charge >= 0.3 is 0 Å². The lowest BCUT2D eigenvalue weighted by Gasteiger charge is -2.55. The number of carbonyl (C=O) groups excluding carboxylic acids is 4. The Labute approximate surface area is 275 Å². The van der Waals surface area contributed by atoms with Gasteiger partial charge in [-0.2, -0.15) is 0 Å². The summed E-state index contributed by atoms with van der Waals surface area (Å²) in [6, 6.07) is 22.5. The number of nitrogens with one attached hydrogen (secondary N) is 1. The first-order valence-electron chi connectivity index (χ1n) is 15.9. The Kier molecular flexibility index (Phi) is 10.8. The number of hydrogen-bond acceptors (Lipinski definition) is 6. The van der Waals surface area contributed by atoms with Gasteiger partial charge in [-0.3, -0.25) is 19.2 Å². The lowest BCUT2D eigenvalue weighted by Crippen LogP contribution is -2.75. The topological polar surface area (TPSA) is 114 Å². The molecule has 2 heterocycles. The van der Waals surface area contributed by atoms with Gasteiger partial charge in [0.1, 0.15) is 18.0 Å². The maximum atomic E-state index is 14.3. The van der Waals surface area contributed by atoms with Crippen LogP contribution in [0.2, 0.25) is 0 Å². The molecule has 10 heteroatoms. The van der Waals surface area contributed by atoms with Crippen molar-refractivity contribution in [3.05, 3.63) is 126 Å². The van der Waals surface area contributed by atoms with Crippen LogP contribution in [0.5, 0.6) is 5.75 Å². The maximum Gasteiger partial charge on any atom is 0.251 e. The summed E-state index contributed by atoms with van der Waals surface area (Å²) in [6.45, 7) is 8.50. The molecule has 0 spiro atoms. The third-order valence-corrected chi connectivity index (χ3v) is 8.46. The second-order valence-electron chi connectivity index (χ2n) is 11.8. The highest BCUT2D eigenvalue weighted by molar-refractivity contribution is 5.94. The summed E-state index contributed by atoms with van der Waals surface area (Å²) >= 11 is 0. The Bertz CT molecular complexity index is 1610. The van der Waals surface area contributed by atoms with Gasteiger partial charge in [-0.1, -0.05) is 66.7 Å². The Morgan fingerprint density at radius 2 is 1.66 bits per heavy atom. The zero-order valence-corrected chi connectivity index (χ0v) is 26.5. The van der Waals surface area contributed by atoms with Gasteiger partial charge in [-0.25, -0.2) is 10.0 Å². The van der Waals surface area contributed by atoms with E-state index in [1.54, 1.807) is 74.4 Å². The number of nitrogens with zero attached hydrogens (tertiary/aromatic N) is 4. The summed E-state index contributed by atoms with van der Waals surface area (Å²) in [6.07, 6.45) is 4.25. The molecule has 0 radical (unpaired) electrons. The summed E-state index contributed by atoms with van der Waals surface area (Å²) in [4.78, 5) is 58.1. The molecule has 2 saturated heterocycles. The second-order valence-corrected chi connectivity index (χ2v) is 11.8. The van der Waals surface area contributed by atoms with Crippen molar-refractivity contribution < 1.29 is 24.3 Å². The standard InChI is InChI=1S/C37H41N5O5/c1-3-5-20-38-36(46)30-13-9-12-29(22-30)24-39-25-33-41(32(37(39)47)23-28-14-17-31(43)18-15-28)35(45)26-40(21-4-2)42(33)34(44)19-16-27-10-7-6-8-11-27/h3-4,6-15,17-18,22,32-33,43H,1-2,5,16,19-21,23-26H2,(H,38,46)/t32-,33-/m0/s1. The SMILES string of the molecule is C=CCCNC(=O)c1cccc(CN2C[C@H]3N(C(=O)CN(CC=C)N3C(=O)CCc3ccccc3)[C@@H](Cc3ccc(O)cc3)C2=O)c1. The molecular weight excluding hydrogens is 594 g/mol. The molecule has 5 rings (SSSR count). The Hall–Kier alpha value is -5.22. The van der Waals surface area contributed by atoms with Crippen molar-refractivity contribution >= 4 is 23.6 Å². The van der Waals surface area contributed by atoms with Gasteiger partial charge in [0, 0.05) is 38.0 Å². The van der Waals surface area contributed by atoms with Gasteiger partial charge in [0.2, 0.25) is 17.7 Å². The molecule has 244 valence electrons. The van der Waals surface area contributed by atoms with Crippen molar-refractivity contribution in [1.82, 2.24) is 25.1 Å². The molecule has 4 amide bonds. The van der Waals surface area contributed by atoms with E-state index in [0.29, 0.717) is 24.9 Å². The number of phenols is 1.